The van der Waals surface area contributed by atoms with Crippen molar-refractivity contribution in [3.8, 4) is 0 Å². The van der Waals surface area contributed by atoms with E-state index < -0.39 is 0 Å². The first-order valence-corrected chi connectivity index (χ1v) is 8.00. The molecule has 1 aliphatic rings. The van der Waals surface area contributed by atoms with Gasteiger partial charge in [-0.05, 0) is 46.0 Å². The van der Waals surface area contributed by atoms with Crippen molar-refractivity contribution in [2.24, 2.45) is 0 Å². The zero-order valence-electron chi connectivity index (χ0n) is 11.8. The average Bonchev–Trinajstić information content (AvgIpc) is 2.92. The molecule has 0 saturated heterocycles. The van der Waals surface area contributed by atoms with Crippen molar-refractivity contribution in [1.82, 2.24) is 0 Å². The van der Waals surface area contributed by atoms with Crippen molar-refractivity contribution in [2.45, 2.75) is 12.8 Å². The summed E-state index contributed by atoms with van der Waals surface area (Å²) in [5.41, 5.74) is 5.52. The minimum atomic E-state index is 0.360. The van der Waals surface area contributed by atoms with Gasteiger partial charge >= 0.3 is 0 Å². The molecule has 3 aromatic rings. The Kier molecular flexibility index (Phi) is 2.97. The molecule has 0 N–H and O–H groups in total. The molecular weight excluding hydrogens is 320 g/mol. The first-order valence-electron chi connectivity index (χ1n) is 7.20. The predicted molar refractivity (Wildman–Crippen MR) is 93.7 cm³/mol. The summed E-state index contributed by atoms with van der Waals surface area (Å²) in [5, 5.41) is 2.63. The van der Waals surface area contributed by atoms with Crippen LogP contribution < -0.4 is 0 Å². The zero-order valence-corrected chi connectivity index (χ0v) is 13.4. The van der Waals surface area contributed by atoms with Gasteiger partial charge in [-0.25, -0.2) is 0 Å². The van der Waals surface area contributed by atoms with Crippen molar-refractivity contribution < 1.29 is 0 Å². The first-order chi connectivity index (χ1) is 10.3. The molecule has 3 aromatic carbocycles. The van der Waals surface area contributed by atoms with Gasteiger partial charge in [0.05, 0.1) is 0 Å². The zero-order chi connectivity index (χ0) is 14.4. The Morgan fingerprint density at radius 3 is 2.48 bits per heavy atom. The fourth-order valence-corrected chi connectivity index (χ4v) is 4.09. The lowest BCUT2D eigenvalue weighted by molar-refractivity contribution is 1.04. The van der Waals surface area contributed by atoms with Crippen LogP contribution in [0.4, 0.5) is 0 Å². The first kappa shape index (κ1) is 12.8. The quantitative estimate of drug-likeness (QED) is 0.506. The normalized spacial score (nSPS) is 16.4. The lowest BCUT2D eigenvalue weighted by atomic mass is 9.86. The molecular formula is C20H15Br. The molecule has 1 atom stereocenters. The fourth-order valence-electron chi connectivity index (χ4n) is 3.40. The minimum absolute atomic E-state index is 0.360. The van der Waals surface area contributed by atoms with E-state index in [9.17, 15) is 0 Å². The molecule has 1 aliphatic carbocycles. The topological polar surface area (TPSA) is 0 Å². The Labute approximate surface area is 133 Å². The highest BCUT2D eigenvalue weighted by atomic mass is 79.9. The second kappa shape index (κ2) is 4.85. The van der Waals surface area contributed by atoms with E-state index in [1.54, 1.807) is 0 Å². The minimum Gasteiger partial charge on any atom is -0.0720 e. The summed E-state index contributed by atoms with van der Waals surface area (Å²) >= 11 is 3.70. The van der Waals surface area contributed by atoms with Crippen LogP contribution in [0.5, 0.6) is 0 Å². The molecule has 0 heterocycles. The van der Waals surface area contributed by atoms with Gasteiger partial charge in [0.25, 0.3) is 0 Å². The third kappa shape index (κ3) is 1.96. The molecule has 0 radical (unpaired) electrons. The summed E-state index contributed by atoms with van der Waals surface area (Å²) in [6.07, 6.45) is 4.57. The summed E-state index contributed by atoms with van der Waals surface area (Å²) in [7, 11) is 0. The van der Waals surface area contributed by atoms with Gasteiger partial charge in [0.15, 0.2) is 0 Å². The molecule has 0 saturated carbocycles. The van der Waals surface area contributed by atoms with Crippen LogP contribution in [0, 0.1) is 6.92 Å². The highest BCUT2D eigenvalue weighted by Crippen LogP contribution is 2.41. The lowest BCUT2D eigenvalue weighted by Gasteiger charge is -2.18. The van der Waals surface area contributed by atoms with Gasteiger partial charge < -0.3 is 0 Å². The summed E-state index contributed by atoms with van der Waals surface area (Å²) in [4.78, 5) is 0. The molecule has 0 fully saturated rings. The molecule has 0 amide bonds. The average molecular weight is 335 g/mol. The standard InChI is InChI=1S/C20H15Br/c1-13-12-19(21)16-8-4-5-9-17(16)20(13)18-11-10-14-6-2-3-7-15(14)18/h2-12,18H,1H3. The summed E-state index contributed by atoms with van der Waals surface area (Å²) in [6.45, 7) is 2.21. The van der Waals surface area contributed by atoms with Gasteiger partial charge in [0.1, 0.15) is 0 Å². The Morgan fingerprint density at radius 2 is 1.62 bits per heavy atom. The van der Waals surface area contributed by atoms with E-state index in [4.69, 9.17) is 0 Å². The van der Waals surface area contributed by atoms with Crippen molar-refractivity contribution in [3.05, 3.63) is 87.4 Å². The van der Waals surface area contributed by atoms with Crippen LogP contribution in [0.1, 0.15) is 28.2 Å². The van der Waals surface area contributed by atoms with Crippen LogP contribution in [0.25, 0.3) is 16.8 Å². The smallest absolute Gasteiger partial charge is 0.0287 e. The highest BCUT2D eigenvalue weighted by molar-refractivity contribution is 9.10. The van der Waals surface area contributed by atoms with E-state index in [0.29, 0.717) is 5.92 Å². The Balaban J connectivity index is 2.03. The Hall–Kier alpha value is -1.86. The number of halogens is 1. The van der Waals surface area contributed by atoms with Gasteiger partial charge in [-0.15, -0.1) is 0 Å². The Bertz CT molecular complexity index is 874. The molecule has 0 spiro atoms. The van der Waals surface area contributed by atoms with Gasteiger partial charge in [0.2, 0.25) is 0 Å². The van der Waals surface area contributed by atoms with Crippen molar-refractivity contribution in [3.63, 3.8) is 0 Å². The van der Waals surface area contributed by atoms with Crippen LogP contribution in [0.2, 0.25) is 0 Å². The lowest BCUT2D eigenvalue weighted by Crippen LogP contribution is -2.00. The molecule has 1 unspecified atom stereocenters. The molecule has 4 rings (SSSR count). The Morgan fingerprint density at radius 1 is 0.905 bits per heavy atom. The van der Waals surface area contributed by atoms with E-state index in [1.807, 2.05) is 0 Å². The third-order valence-electron chi connectivity index (χ3n) is 4.35. The van der Waals surface area contributed by atoms with E-state index in [1.165, 1.54) is 37.5 Å². The maximum Gasteiger partial charge on any atom is 0.0287 e. The molecule has 21 heavy (non-hydrogen) atoms. The summed E-state index contributed by atoms with van der Waals surface area (Å²) < 4.78 is 1.18. The number of aryl methyl sites for hydroxylation is 1. The third-order valence-corrected chi connectivity index (χ3v) is 5.01. The monoisotopic (exact) mass is 334 g/mol. The number of fused-ring (bicyclic) bond motifs is 2. The maximum atomic E-state index is 3.70. The van der Waals surface area contributed by atoms with E-state index in [-0.39, 0.29) is 0 Å². The number of allylic oxidation sites excluding steroid dienone is 1. The second-order valence-corrected chi connectivity index (χ2v) is 6.45. The van der Waals surface area contributed by atoms with Gasteiger partial charge in [-0.3, -0.25) is 0 Å². The maximum absolute atomic E-state index is 3.70. The number of rotatable bonds is 1. The van der Waals surface area contributed by atoms with Crippen LogP contribution in [0.3, 0.4) is 0 Å². The molecule has 1 heteroatoms. The van der Waals surface area contributed by atoms with E-state index in [0.717, 1.165) is 0 Å². The summed E-state index contributed by atoms with van der Waals surface area (Å²) in [6, 6.07) is 19.6. The van der Waals surface area contributed by atoms with Gasteiger partial charge in [-0.2, -0.15) is 0 Å². The number of hydrogen-bond acceptors (Lipinski definition) is 0. The van der Waals surface area contributed by atoms with Crippen molar-refractivity contribution >= 4 is 32.8 Å². The largest absolute Gasteiger partial charge is 0.0720 e. The number of hydrogen-bond donors (Lipinski definition) is 0. The number of benzene rings is 3. The van der Waals surface area contributed by atoms with Crippen LogP contribution in [0.15, 0.2) is 65.1 Å². The van der Waals surface area contributed by atoms with E-state index in [2.05, 4.69) is 89.6 Å². The molecule has 102 valence electrons. The predicted octanol–water partition coefficient (Wildman–Crippen LogP) is 6.07. The van der Waals surface area contributed by atoms with Crippen molar-refractivity contribution in [2.75, 3.05) is 0 Å². The molecule has 0 aromatic heterocycles. The van der Waals surface area contributed by atoms with E-state index >= 15 is 0 Å². The highest BCUT2D eigenvalue weighted by Gasteiger charge is 2.22. The van der Waals surface area contributed by atoms with Gasteiger partial charge in [0, 0.05) is 10.4 Å². The van der Waals surface area contributed by atoms with Crippen LogP contribution in [-0.2, 0) is 0 Å². The van der Waals surface area contributed by atoms with Crippen molar-refractivity contribution in [1.29, 1.82) is 0 Å². The summed E-state index contributed by atoms with van der Waals surface area (Å²) in [5.74, 6) is 0.360. The second-order valence-electron chi connectivity index (χ2n) is 5.60. The SMILES string of the molecule is Cc1cc(Br)c2ccccc2c1C1C=Cc2ccccc21. The van der Waals surface area contributed by atoms with Crippen LogP contribution in [-0.4, -0.2) is 0 Å². The van der Waals surface area contributed by atoms with Gasteiger partial charge in [-0.1, -0.05) is 76.6 Å². The van der Waals surface area contributed by atoms with Crippen LogP contribution >= 0.6 is 15.9 Å². The fraction of sp³-hybridized carbons (Fsp3) is 0.100. The molecule has 0 bridgehead atoms. The molecule has 0 aliphatic heterocycles. The molecule has 0 nitrogen and oxygen atoms in total.